The molecule has 4 nitrogen and oxygen atoms in total. The standard InChI is InChI=1S/C55H48BN3OS/c1-55(2,3)37-25-27-40(28-26-37)57(41-30-32-53-45(33-41)44-21-13-16-24-52(44)60-53)42-29-31-47-49(34-42)59(39-19-11-8-12-20-39)51-36-43(61(4,5)6)35-50-54(51)56(47)46-22-14-15-23-48(46)58(50)38-17-9-7-10-18-38/h7-36H,1-6H3. The van der Waals surface area contributed by atoms with Gasteiger partial charge in [-0.25, -0.2) is 10.0 Å². The van der Waals surface area contributed by atoms with Crippen molar-refractivity contribution in [2.24, 2.45) is 0 Å². The lowest BCUT2D eigenvalue weighted by molar-refractivity contribution is 0.590. The molecule has 0 saturated heterocycles. The third kappa shape index (κ3) is 6.15. The van der Waals surface area contributed by atoms with Crippen LogP contribution in [-0.2, 0) is 5.41 Å². The Hall–Kier alpha value is -6.63. The summed E-state index contributed by atoms with van der Waals surface area (Å²) >= 11 is 0. The topological polar surface area (TPSA) is 22.9 Å². The Balaban J connectivity index is 1.19. The maximum atomic E-state index is 6.33. The molecule has 0 atom stereocenters. The second-order valence-electron chi connectivity index (χ2n) is 18.2. The molecule has 0 unspecified atom stereocenters. The van der Waals surface area contributed by atoms with Crippen molar-refractivity contribution in [3.05, 3.63) is 188 Å². The Kier molecular flexibility index (Phi) is 8.56. The number of rotatable bonds is 6. The highest BCUT2D eigenvalue weighted by molar-refractivity contribution is 8.32. The summed E-state index contributed by atoms with van der Waals surface area (Å²) in [7, 11) is -1.13. The molecular weight excluding hydrogens is 762 g/mol. The summed E-state index contributed by atoms with van der Waals surface area (Å²) in [5.41, 5.74) is 17.5. The van der Waals surface area contributed by atoms with Crippen molar-refractivity contribution in [3.8, 4) is 0 Å². The van der Waals surface area contributed by atoms with Gasteiger partial charge in [-0.1, -0.05) is 112 Å². The van der Waals surface area contributed by atoms with Crippen LogP contribution in [0.15, 0.2) is 191 Å². The smallest absolute Gasteiger partial charge is 0.252 e. The molecule has 0 saturated carbocycles. The number of nitrogens with zero attached hydrogens (tertiary/aromatic N) is 3. The fourth-order valence-corrected chi connectivity index (χ4v) is 10.5. The zero-order valence-corrected chi connectivity index (χ0v) is 36.4. The highest BCUT2D eigenvalue weighted by atomic mass is 32.3. The summed E-state index contributed by atoms with van der Waals surface area (Å²) in [4.78, 5) is 8.83. The van der Waals surface area contributed by atoms with Crippen molar-refractivity contribution in [1.29, 1.82) is 0 Å². The zero-order chi connectivity index (χ0) is 41.6. The van der Waals surface area contributed by atoms with E-state index in [-0.39, 0.29) is 12.1 Å². The van der Waals surface area contributed by atoms with Crippen LogP contribution in [0.4, 0.5) is 51.2 Å². The Morgan fingerprint density at radius 1 is 0.475 bits per heavy atom. The van der Waals surface area contributed by atoms with Crippen LogP contribution in [0.5, 0.6) is 0 Å². The summed E-state index contributed by atoms with van der Waals surface area (Å²) in [6.45, 7) is 6.86. The van der Waals surface area contributed by atoms with E-state index in [1.807, 2.05) is 6.07 Å². The van der Waals surface area contributed by atoms with Crippen LogP contribution in [0.1, 0.15) is 26.3 Å². The van der Waals surface area contributed by atoms with Crippen molar-refractivity contribution >= 4 is 106 Å². The highest BCUT2D eigenvalue weighted by Gasteiger charge is 2.44. The van der Waals surface area contributed by atoms with Crippen LogP contribution in [0.3, 0.4) is 0 Å². The first-order valence-corrected chi connectivity index (χ1v) is 24.0. The number of fused-ring (bicyclic) bond motifs is 7. The number of furan rings is 1. The van der Waals surface area contributed by atoms with Crippen LogP contribution in [-0.4, -0.2) is 25.5 Å². The van der Waals surface area contributed by atoms with E-state index in [2.05, 4.69) is 230 Å². The fourth-order valence-electron chi connectivity index (χ4n) is 9.52. The van der Waals surface area contributed by atoms with Gasteiger partial charge in [-0.3, -0.25) is 0 Å². The lowest BCUT2D eigenvalue weighted by Gasteiger charge is -2.45. The maximum Gasteiger partial charge on any atom is 0.252 e. The van der Waals surface area contributed by atoms with Crippen LogP contribution in [0, 0.1) is 0 Å². The Labute approximate surface area is 361 Å². The fraction of sp³-hybridized carbons (Fsp3) is 0.127. The molecule has 3 heterocycles. The lowest BCUT2D eigenvalue weighted by atomic mass is 9.33. The SMILES string of the molecule is CC(C)(C)c1ccc(N(c2ccc3c(c2)N(c2ccccc2)c2cc(S(C)(C)C)cc4c2B3c2ccccc2N4c2ccccc2)c2ccc3oc4ccccc4c3c2)cc1. The van der Waals surface area contributed by atoms with E-state index >= 15 is 0 Å². The van der Waals surface area contributed by atoms with Crippen molar-refractivity contribution in [2.75, 3.05) is 33.5 Å². The summed E-state index contributed by atoms with van der Waals surface area (Å²) in [6, 6.07) is 67.1. The minimum absolute atomic E-state index is 0.0300. The predicted octanol–water partition coefficient (Wildman–Crippen LogP) is 13.5. The summed E-state index contributed by atoms with van der Waals surface area (Å²) in [5.74, 6) is 0. The normalized spacial score (nSPS) is 13.6. The highest BCUT2D eigenvalue weighted by Crippen LogP contribution is 2.52. The summed E-state index contributed by atoms with van der Waals surface area (Å²) < 4.78 is 6.33. The molecule has 0 spiro atoms. The maximum absolute atomic E-state index is 6.33. The second-order valence-corrected chi connectivity index (χ2v) is 22.3. The van der Waals surface area contributed by atoms with Crippen LogP contribution >= 0.6 is 10.0 Å². The molecule has 0 bridgehead atoms. The van der Waals surface area contributed by atoms with Gasteiger partial charge in [0, 0.05) is 62.0 Å². The monoisotopic (exact) mass is 809 g/mol. The third-order valence-corrected chi connectivity index (χ3v) is 14.2. The van der Waals surface area contributed by atoms with Gasteiger partial charge < -0.3 is 19.1 Å². The predicted molar refractivity (Wildman–Crippen MR) is 265 cm³/mol. The summed E-state index contributed by atoms with van der Waals surface area (Å²) in [6.07, 6.45) is 7.23. The van der Waals surface area contributed by atoms with Crippen molar-refractivity contribution in [1.82, 2.24) is 0 Å². The number of hydrogen-bond acceptors (Lipinski definition) is 4. The number of para-hydroxylation sites is 4. The average molecular weight is 810 g/mol. The number of hydrogen-bond donors (Lipinski definition) is 0. The van der Waals surface area contributed by atoms with Crippen LogP contribution in [0.25, 0.3) is 21.9 Å². The van der Waals surface area contributed by atoms with E-state index in [9.17, 15) is 0 Å². The summed E-state index contributed by atoms with van der Waals surface area (Å²) in [5, 5.41) is 2.22. The van der Waals surface area contributed by atoms with Gasteiger partial charge >= 0.3 is 0 Å². The van der Waals surface area contributed by atoms with Crippen molar-refractivity contribution in [2.45, 2.75) is 31.1 Å². The molecule has 9 aromatic rings. The molecule has 0 radical (unpaired) electrons. The van der Waals surface area contributed by atoms with E-state index in [0.29, 0.717) is 0 Å². The van der Waals surface area contributed by atoms with E-state index in [1.54, 1.807) is 0 Å². The molecule has 61 heavy (non-hydrogen) atoms. The second kappa shape index (κ2) is 14.0. The van der Waals surface area contributed by atoms with E-state index in [0.717, 1.165) is 44.7 Å². The van der Waals surface area contributed by atoms with Gasteiger partial charge in [0.15, 0.2) is 0 Å². The molecule has 298 valence electrons. The minimum Gasteiger partial charge on any atom is -0.456 e. The van der Waals surface area contributed by atoms with Gasteiger partial charge in [0.25, 0.3) is 6.71 Å². The first kappa shape index (κ1) is 37.4. The van der Waals surface area contributed by atoms with Gasteiger partial charge in [0.1, 0.15) is 11.2 Å². The Bertz CT molecular complexity index is 3130. The molecule has 11 rings (SSSR count). The lowest BCUT2D eigenvalue weighted by Crippen LogP contribution is -2.61. The minimum atomic E-state index is -1.13. The molecule has 8 aromatic carbocycles. The van der Waals surface area contributed by atoms with E-state index in [4.69, 9.17) is 4.42 Å². The van der Waals surface area contributed by atoms with Crippen LogP contribution in [0.2, 0.25) is 0 Å². The Morgan fingerprint density at radius 3 is 1.69 bits per heavy atom. The first-order valence-electron chi connectivity index (χ1n) is 21.1. The average Bonchev–Trinajstić information content (AvgIpc) is 3.64. The van der Waals surface area contributed by atoms with Crippen molar-refractivity contribution in [3.63, 3.8) is 0 Å². The van der Waals surface area contributed by atoms with E-state index in [1.165, 1.54) is 55.3 Å². The van der Waals surface area contributed by atoms with Gasteiger partial charge in [0.2, 0.25) is 0 Å². The quantitative estimate of drug-likeness (QED) is 0.156. The molecule has 0 fully saturated rings. The third-order valence-electron chi connectivity index (χ3n) is 12.5. The molecule has 6 heteroatoms. The first-order chi connectivity index (χ1) is 29.5. The molecule has 0 amide bonds. The molecular formula is C55H48BN3OS. The Morgan fingerprint density at radius 2 is 1.02 bits per heavy atom. The molecule has 1 aromatic heterocycles. The van der Waals surface area contributed by atoms with Gasteiger partial charge in [-0.15, -0.1) is 0 Å². The molecule has 0 aliphatic carbocycles. The van der Waals surface area contributed by atoms with Gasteiger partial charge in [-0.05, 0) is 142 Å². The van der Waals surface area contributed by atoms with Crippen LogP contribution < -0.4 is 31.1 Å². The largest absolute Gasteiger partial charge is 0.456 e. The number of benzene rings is 8. The molecule has 2 aliphatic heterocycles. The van der Waals surface area contributed by atoms with Crippen molar-refractivity contribution < 1.29 is 4.42 Å². The van der Waals surface area contributed by atoms with Gasteiger partial charge in [-0.2, -0.15) is 0 Å². The van der Waals surface area contributed by atoms with Gasteiger partial charge in [0.05, 0.1) is 0 Å². The molecule has 2 aliphatic rings. The van der Waals surface area contributed by atoms with E-state index < -0.39 is 10.0 Å². The number of anilines is 9. The zero-order valence-electron chi connectivity index (χ0n) is 35.6. The molecule has 0 N–H and O–H groups in total.